The summed E-state index contributed by atoms with van der Waals surface area (Å²) in [6.07, 6.45) is 17.8. The van der Waals surface area contributed by atoms with Crippen molar-refractivity contribution in [3.63, 3.8) is 0 Å². The Bertz CT molecular complexity index is 1450. The van der Waals surface area contributed by atoms with Crippen molar-refractivity contribution in [3.05, 3.63) is 82.5 Å². The van der Waals surface area contributed by atoms with Crippen LogP contribution >= 0.6 is 0 Å². The molecule has 1 atom stereocenters. The molecule has 3 aromatic heterocycles. The first-order chi connectivity index (χ1) is 14.5. The van der Waals surface area contributed by atoms with Gasteiger partial charge in [0, 0.05) is 12.1 Å². The zero-order chi connectivity index (χ0) is 20.5. The van der Waals surface area contributed by atoms with Gasteiger partial charge < -0.3 is 20.1 Å². The molecule has 7 rings (SSSR count). The first-order valence-corrected chi connectivity index (χ1v) is 9.69. The monoisotopic (exact) mass is 398 g/mol. The summed E-state index contributed by atoms with van der Waals surface area (Å²) in [6.45, 7) is 3.83. The van der Waals surface area contributed by atoms with Crippen LogP contribution in [0.5, 0.6) is 5.75 Å². The molecule has 0 aromatic carbocycles. The van der Waals surface area contributed by atoms with Crippen LogP contribution in [-0.2, 0) is 0 Å². The van der Waals surface area contributed by atoms with Crippen molar-refractivity contribution in [2.75, 3.05) is 0 Å². The fraction of sp³-hybridized carbons (Fsp3) is 0.130. The van der Waals surface area contributed by atoms with E-state index in [-0.39, 0.29) is 5.75 Å². The summed E-state index contributed by atoms with van der Waals surface area (Å²) in [7, 11) is 0. The molecule has 3 N–H and O–H groups in total. The molecule has 0 aliphatic carbocycles. The van der Waals surface area contributed by atoms with Crippen molar-refractivity contribution < 1.29 is 14.7 Å². The minimum Gasteiger partial charge on any atom is -0.503 e. The van der Waals surface area contributed by atoms with Crippen LogP contribution in [0, 0.1) is 0 Å². The first kappa shape index (κ1) is 17.1. The zero-order valence-corrected chi connectivity index (χ0v) is 16.0. The number of allylic oxidation sites excluding steroid dienone is 6. The van der Waals surface area contributed by atoms with Crippen molar-refractivity contribution in [1.29, 1.82) is 0 Å². The van der Waals surface area contributed by atoms with Crippen LogP contribution in [0.15, 0.2) is 86.3 Å². The van der Waals surface area contributed by atoms with Gasteiger partial charge in [0.05, 0.1) is 22.8 Å². The van der Waals surface area contributed by atoms with E-state index in [1.807, 2.05) is 42.5 Å². The van der Waals surface area contributed by atoms with Gasteiger partial charge in [0.1, 0.15) is 10.7 Å². The number of nitrogens with zero attached hydrogens (tertiary/aromatic N) is 3. The summed E-state index contributed by atoms with van der Waals surface area (Å²) < 4.78 is 7.12. The minimum atomic E-state index is -1.23. The number of fused-ring (bicyclic) bond motifs is 4. The average Bonchev–Trinajstić information content (AvgIpc) is 3.47. The molecule has 0 amide bonds. The second-order valence-electron chi connectivity index (χ2n) is 7.70. The van der Waals surface area contributed by atoms with E-state index in [4.69, 9.17) is 9.52 Å². The quantitative estimate of drug-likeness (QED) is 0.669. The highest BCUT2D eigenvalue weighted by Gasteiger charge is 2.31. The van der Waals surface area contributed by atoms with Crippen molar-refractivity contribution in [3.8, 4) is 5.75 Å². The number of hydrogen-bond donors (Lipinski definition) is 3. The van der Waals surface area contributed by atoms with Gasteiger partial charge in [-0.1, -0.05) is 12.2 Å². The fourth-order valence-corrected chi connectivity index (χ4v) is 4.09. The molecule has 4 aliphatic heterocycles. The van der Waals surface area contributed by atoms with E-state index >= 15 is 0 Å². The van der Waals surface area contributed by atoms with Crippen molar-refractivity contribution in [2.45, 2.75) is 18.6 Å². The predicted octanol–water partition coefficient (Wildman–Crippen LogP) is 1.55. The molecule has 0 radical (unpaired) electrons. The normalized spacial score (nSPS) is 24.4. The maximum atomic E-state index is 11.1. The van der Waals surface area contributed by atoms with E-state index in [2.05, 4.69) is 16.9 Å². The van der Waals surface area contributed by atoms with E-state index in [1.54, 1.807) is 16.7 Å². The number of hydrogen-bond acceptors (Lipinski definition) is 6. The SMILES string of the molecule is C=CCC1=CC2=NC1=CC1(O)CC=C(C=C3C=CC(=N3)C=c3c(O)c4on3c4=C2)N1. The van der Waals surface area contributed by atoms with Gasteiger partial charge in [-0.15, -0.1) is 6.58 Å². The van der Waals surface area contributed by atoms with Crippen molar-refractivity contribution >= 4 is 29.2 Å². The Kier molecular flexibility index (Phi) is 3.32. The van der Waals surface area contributed by atoms with Crippen LogP contribution in [0.3, 0.4) is 0 Å². The maximum absolute atomic E-state index is 11.1. The van der Waals surface area contributed by atoms with Gasteiger partial charge in [0.25, 0.3) is 0 Å². The molecule has 0 saturated heterocycles. The second-order valence-corrected chi connectivity index (χ2v) is 7.70. The van der Waals surface area contributed by atoms with Gasteiger partial charge in [0.2, 0.25) is 5.58 Å². The van der Waals surface area contributed by atoms with E-state index in [0.29, 0.717) is 35.2 Å². The molecule has 10 bridgehead atoms. The molecule has 7 heteroatoms. The molecule has 7 nitrogen and oxygen atoms in total. The summed E-state index contributed by atoms with van der Waals surface area (Å²) in [5.41, 5.74) is 3.82. The molecular weight excluding hydrogens is 380 g/mol. The lowest BCUT2D eigenvalue weighted by molar-refractivity contribution is 0.0791. The predicted molar refractivity (Wildman–Crippen MR) is 115 cm³/mol. The molecule has 7 heterocycles. The summed E-state index contributed by atoms with van der Waals surface area (Å²) in [5, 5.41) is 26.0. The Morgan fingerprint density at radius 2 is 2.03 bits per heavy atom. The van der Waals surface area contributed by atoms with Crippen LogP contribution in [0.25, 0.3) is 17.7 Å². The number of aliphatic hydroxyl groups is 1. The van der Waals surface area contributed by atoms with Crippen LogP contribution in [0.4, 0.5) is 0 Å². The van der Waals surface area contributed by atoms with E-state index in [9.17, 15) is 10.2 Å². The van der Waals surface area contributed by atoms with Crippen LogP contribution in [-0.4, -0.2) is 31.9 Å². The third kappa shape index (κ3) is 2.49. The Hall–Kier alpha value is -3.84. The number of aliphatic imine (C=N–C) groups is 2. The van der Waals surface area contributed by atoms with E-state index < -0.39 is 5.72 Å². The van der Waals surface area contributed by atoms with Crippen LogP contribution in [0.1, 0.15) is 12.8 Å². The van der Waals surface area contributed by atoms with Gasteiger partial charge in [-0.2, -0.15) is 4.57 Å². The highest BCUT2D eigenvalue weighted by Crippen LogP contribution is 2.30. The Morgan fingerprint density at radius 1 is 1.17 bits per heavy atom. The van der Waals surface area contributed by atoms with Crippen LogP contribution < -0.4 is 16.0 Å². The lowest BCUT2D eigenvalue weighted by atomic mass is 10.0. The fourth-order valence-electron chi connectivity index (χ4n) is 4.09. The van der Waals surface area contributed by atoms with Gasteiger partial charge in [-0.05, 0) is 54.5 Å². The van der Waals surface area contributed by atoms with E-state index in [0.717, 1.165) is 28.0 Å². The maximum Gasteiger partial charge on any atom is 0.226 e. The zero-order valence-electron chi connectivity index (χ0n) is 16.0. The third-order valence-corrected chi connectivity index (χ3v) is 5.50. The third-order valence-electron chi connectivity index (χ3n) is 5.50. The summed E-state index contributed by atoms with van der Waals surface area (Å²) in [4.78, 5) is 9.27. The molecular formula is C23H18N4O3. The molecule has 30 heavy (non-hydrogen) atoms. The van der Waals surface area contributed by atoms with Crippen LogP contribution in [0.2, 0.25) is 0 Å². The molecule has 0 fully saturated rings. The highest BCUT2D eigenvalue weighted by atomic mass is 16.5. The lowest BCUT2D eigenvalue weighted by Gasteiger charge is -2.21. The standard InChI is InChI=1S/C23H18N4O3/c1-2-3-13-8-17-11-20-22-21(28)19(27(20)30-22)10-15-5-4-14(24-15)9-16-6-7-23(29,26-16)12-18(13)25-17/h2,4-6,8-12,26,28-29H,1,3,7H2. The molecule has 0 spiro atoms. The molecule has 3 aromatic rings. The minimum absolute atomic E-state index is 0.0847. The Labute approximate surface area is 171 Å². The lowest BCUT2D eigenvalue weighted by Crippen LogP contribution is -2.38. The van der Waals surface area contributed by atoms with Crippen molar-refractivity contribution in [1.82, 2.24) is 9.89 Å². The summed E-state index contributed by atoms with van der Waals surface area (Å²) in [5.74, 6) is 0.0847. The van der Waals surface area contributed by atoms with Gasteiger partial charge in [-0.3, -0.25) is 0 Å². The van der Waals surface area contributed by atoms with Crippen molar-refractivity contribution in [2.24, 2.45) is 9.98 Å². The Balaban J connectivity index is 1.58. The topological polar surface area (TPSA) is 94.8 Å². The molecule has 4 aliphatic rings. The second kappa shape index (κ2) is 5.84. The largest absolute Gasteiger partial charge is 0.503 e. The molecule has 0 saturated carbocycles. The smallest absolute Gasteiger partial charge is 0.226 e. The van der Waals surface area contributed by atoms with Gasteiger partial charge in [0.15, 0.2) is 11.5 Å². The molecule has 148 valence electrons. The van der Waals surface area contributed by atoms with E-state index in [1.165, 1.54) is 0 Å². The summed E-state index contributed by atoms with van der Waals surface area (Å²) in [6, 6.07) is 0. The molecule has 1 unspecified atom stereocenters. The first-order valence-electron chi connectivity index (χ1n) is 9.69. The number of aromatic hydroxyl groups is 1. The Morgan fingerprint density at radius 3 is 2.90 bits per heavy atom. The number of aromatic nitrogens is 1. The average molecular weight is 398 g/mol. The summed E-state index contributed by atoms with van der Waals surface area (Å²) >= 11 is 0. The number of rotatable bonds is 2. The highest BCUT2D eigenvalue weighted by molar-refractivity contribution is 6.21. The van der Waals surface area contributed by atoms with Gasteiger partial charge >= 0.3 is 0 Å². The van der Waals surface area contributed by atoms with Gasteiger partial charge in [-0.25, -0.2) is 9.98 Å². The number of nitrogens with one attached hydrogen (secondary N) is 1.